The van der Waals surface area contributed by atoms with Gasteiger partial charge >= 0.3 is 0 Å². The third-order valence-electron chi connectivity index (χ3n) is 4.03. The van der Waals surface area contributed by atoms with Crippen LogP contribution in [0.3, 0.4) is 0 Å². The fourth-order valence-electron chi connectivity index (χ4n) is 2.64. The van der Waals surface area contributed by atoms with Crippen molar-refractivity contribution in [1.29, 1.82) is 0 Å². The molecule has 0 bridgehead atoms. The van der Waals surface area contributed by atoms with Crippen LogP contribution in [0.2, 0.25) is 0 Å². The van der Waals surface area contributed by atoms with Crippen molar-refractivity contribution in [3.05, 3.63) is 36.4 Å². The number of methoxy groups -OCH3 is 4. The first-order valence-electron chi connectivity index (χ1n) is 8.45. The van der Waals surface area contributed by atoms with Crippen molar-refractivity contribution in [2.45, 2.75) is 6.92 Å². The zero-order valence-electron chi connectivity index (χ0n) is 16.6. The molecule has 8 nitrogen and oxygen atoms in total. The number of carbonyl (C=O) groups excluding carboxylic acids is 2. The van der Waals surface area contributed by atoms with E-state index in [9.17, 15) is 9.59 Å². The second-order valence-corrected chi connectivity index (χ2v) is 5.76. The van der Waals surface area contributed by atoms with Gasteiger partial charge in [0.1, 0.15) is 6.54 Å². The molecule has 0 radical (unpaired) electrons. The molecule has 0 unspecified atom stereocenters. The summed E-state index contributed by atoms with van der Waals surface area (Å²) >= 11 is 0. The maximum absolute atomic E-state index is 12.5. The Hall–Kier alpha value is -3.42. The number of hydrogen-bond donors (Lipinski definition) is 1. The molecule has 0 aliphatic heterocycles. The third kappa shape index (κ3) is 4.85. The Labute approximate surface area is 163 Å². The lowest BCUT2D eigenvalue weighted by molar-refractivity contribution is -0.120. The van der Waals surface area contributed by atoms with E-state index in [1.165, 1.54) is 40.3 Å². The fraction of sp³-hybridized carbons (Fsp3) is 0.300. The number of amides is 2. The van der Waals surface area contributed by atoms with Gasteiger partial charge in [0, 0.05) is 30.4 Å². The van der Waals surface area contributed by atoms with Gasteiger partial charge in [0.2, 0.25) is 11.8 Å². The summed E-state index contributed by atoms with van der Waals surface area (Å²) in [6.45, 7) is 1.22. The van der Waals surface area contributed by atoms with Crippen molar-refractivity contribution in [2.24, 2.45) is 0 Å². The molecule has 2 amide bonds. The van der Waals surface area contributed by atoms with Crippen LogP contribution in [0.4, 0.5) is 11.4 Å². The molecular weight excluding hydrogens is 364 g/mol. The van der Waals surface area contributed by atoms with E-state index in [4.69, 9.17) is 18.9 Å². The normalized spacial score (nSPS) is 10.0. The average molecular weight is 388 g/mol. The van der Waals surface area contributed by atoms with Gasteiger partial charge in [0.05, 0.1) is 28.4 Å². The lowest BCUT2D eigenvalue weighted by Gasteiger charge is -2.22. The van der Waals surface area contributed by atoms with Gasteiger partial charge in [-0.25, -0.2) is 0 Å². The van der Waals surface area contributed by atoms with Crippen molar-refractivity contribution in [3.63, 3.8) is 0 Å². The molecule has 150 valence electrons. The predicted octanol–water partition coefficient (Wildman–Crippen LogP) is 2.71. The Kier molecular flexibility index (Phi) is 7.08. The Bertz CT molecular complexity index is 853. The molecule has 0 fully saturated rings. The van der Waals surface area contributed by atoms with E-state index in [1.54, 1.807) is 36.4 Å². The average Bonchev–Trinajstić information content (AvgIpc) is 2.71. The van der Waals surface area contributed by atoms with Crippen LogP contribution in [0, 0.1) is 0 Å². The van der Waals surface area contributed by atoms with Crippen molar-refractivity contribution < 1.29 is 28.5 Å². The largest absolute Gasteiger partial charge is 0.493 e. The highest BCUT2D eigenvalue weighted by atomic mass is 16.5. The quantitative estimate of drug-likeness (QED) is 0.748. The molecule has 0 saturated carbocycles. The van der Waals surface area contributed by atoms with Gasteiger partial charge < -0.3 is 29.2 Å². The first-order chi connectivity index (χ1) is 13.4. The number of nitrogens with zero attached hydrogens (tertiary/aromatic N) is 1. The Morgan fingerprint density at radius 2 is 1.36 bits per heavy atom. The standard InChI is InChI=1S/C20H24N2O6/c1-13(23)22(15-7-9-17(26-3)19(11-15)28-5)12-20(24)21-14-6-8-16(25-2)18(10-14)27-4/h6-11H,12H2,1-5H3,(H,21,24). The first kappa shape index (κ1) is 20.9. The van der Waals surface area contributed by atoms with Crippen LogP contribution in [-0.2, 0) is 9.59 Å². The summed E-state index contributed by atoms with van der Waals surface area (Å²) in [5.74, 6) is 1.39. The van der Waals surface area contributed by atoms with Crippen LogP contribution in [0.5, 0.6) is 23.0 Å². The number of benzene rings is 2. The predicted molar refractivity (Wildman–Crippen MR) is 106 cm³/mol. The highest BCUT2D eigenvalue weighted by Crippen LogP contribution is 2.32. The molecule has 28 heavy (non-hydrogen) atoms. The van der Waals surface area contributed by atoms with E-state index in [2.05, 4.69) is 5.32 Å². The van der Waals surface area contributed by atoms with Crippen molar-refractivity contribution >= 4 is 23.2 Å². The van der Waals surface area contributed by atoms with Crippen LogP contribution >= 0.6 is 0 Å². The maximum atomic E-state index is 12.5. The molecule has 0 saturated heterocycles. The summed E-state index contributed by atoms with van der Waals surface area (Å²) in [5, 5.41) is 2.75. The Morgan fingerprint density at radius 3 is 1.89 bits per heavy atom. The van der Waals surface area contributed by atoms with Gasteiger partial charge in [-0.2, -0.15) is 0 Å². The van der Waals surface area contributed by atoms with Crippen molar-refractivity contribution in [2.75, 3.05) is 45.2 Å². The van der Waals surface area contributed by atoms with Gasteiger partial charge in [0.25, 0.3) is 0 Å². The van der Waals surface area contributed by atoms with E-state index in [0.717, 1.165) is 0 Å². The summed E-state index contributed by atoms with van der Waals surface area (Å²) in [6, 6.07) is 10.0. The summed E-state index contributed by atoms with van der Waals surface area (Å²) in [5.41, 5.74) is 1.05. The zero-order valence-corrected chi connectivity index (χ0v) is 16.6. The highest BCUT2D eigenvalue weighted by molar-refractivity contribution is 6.02. The molecule has 2 rings (SSSR count). The van der Waals surface area contributed by atoms with Crippen molar-refractivity contribution in [1.82, 2.24) is 0 Å². The summed E-state index contributed by atoms with van der Waals surface area (Å²) in [7, 11) is 6.07. The lowest BCUT2D eigenvalue weighted by atomic mass is 10.2. The molecule has 0 spiro atoms. The van der Waals surface area contributed by atoms with Crippen LogP contribution < -0.4 is 29.2 Å². The number of nitrogens with one attached hydrogen (secondary N) is 1. The number of carbonyl (C=O) groups is 2. The molecule has 2 aromatic rings. The minimum Gasteiger partial charge on any atom is -0.493 e. The molecule has 0 atom stereocenters. The van der Waals surface area contributed by atoms with E-state index in [1.807, 2.05) is 0 Å². The summed E-state index contributed by atoms with van der Waals surface area (Å²) in [6.07, 6.45) is 0. The molecule has 0 aliphatic rings. The first-order valence-corrected chi connectivity index (χ1v) is 8.45. The monoisotopic (exact) mass is 388 g/mol. The Balaban J connectivity index is 2.18. The molecule has 8 heteroatoms. The SMILES string of the molecule is COc1ccc(NC(=O)CN(C(C)=O)c2ccc(OC)c(OC)c2)cc1OC. The van der Waals surface area contributed by atoms with Crippen LogP contribution in [0.15, 0.2) is 36.4 Å². The maximum Gasteiger partial charge on any atom is 0.244 e. The second kappa shape index (κ2) is 9.50. The van der Waals surface area contributed by atoms with Crippen LogP contribution in [-0.4, -0.2) is 46.8 Å². The fourth-order valence-corrected chi connectivity index (χ4v) is 2.64. The second-order valence-electron chi connectivity index (χ2n) is 5.76. The topological polar surface area (TPSA) is 86.3 Å². The molecular formula is C20H24N2O6. The van der Waals surface area contributed by atoms with Gasteiger partial charge in [-0.1, -0.05) is 0 Å². The molecule has 2 aromatic carbocycles. The third-order valence-corrected chi connectivity index (χ3v) is 4.03. The summed E-state index contributed by atoms with van der Waals surface area (Å²) in [4.78, 5) is 26.0. The minimum atomic E-state index is -0.364. The van der Waals surface area contributed by atoms with Gasteiger partial charge in [-0.15, -0.1) is 0 Å². The van der Waals surface area contributed by atoms with E-state index in [0.29, 0.717) is 34.4 Å². The van der Waals surface area contributed by atoms with E-state index < -0.39 is 0 Å². The Morgan fingerprint density at radius 1 is 0.821 bits per heavy atom. The van der Waals surface area contributed by atoms with Crippen molar-refractivity contribution in [3.8, 4) is 23.0 Å². The summed E-state index contributed by atoms with van der Waals surface area (Å²) < 4.78 is 20.9. The molecule has 1 N–H and O–H groups in total. The molecule has 0 aliphatic carbocycles. The van der Waals surface area contributed by atoms with Gasteiger partial charge in [-0.05, 0) is 24.3 Å². The van der Waals surface area contributed by atoms with Gasteiger partial charge in [0.15, 0.2) is 23.0 Å². The number of anilines is 2. The number of ether oxygens (including phenoxy) is 4. The minimum absolute atomic E-state index is 0.167. The zero-order chi connectivity index (χ0) is 20.7. The molecule has 0 heterocycles. The number of hydrogen-bond acceptors (Lipinski definition) is 6. The van der Waals surface area contributed by atoms with E-state index >= 15 is 0 Å². The van der Waals surface area contributed by atoms with Crippen LogP contribution in [0.25, 0.3) is 0 Å². The highest BCUT2D eigenvalue weighted by Gasteiger charge is 2.18. The molecule has 0 aromatic heterocycles. The van der Waals surface area contributed by atoms with E-state index in [-0.39, 0.29) is 18.4 Å². The lowest BCUT2D eigenvalue weighted by Crippen LogP contribution is -2.36. The van der Waals surface area contributed by atoms with Crippen LogP contribution in [0.1, 0.15) is 6.92 Å². The van der Waals surface area contributed by atoms with Gasteiger partial charge in [-0.3, -0.25) is 9.59 Å². The number of rotatable bonds is 8. The smallest absolute Gasteiger partial charge is 0.244 e.